The third-order valence-electron chi connectivity index (χ3n) is 4.96. The molecule has 2 heterocycles. The van der Waals surface area contributed by atoms with Crippen molar-refractivity contribution in [2.24, 2.45) is 0 Å². The van der Waals surface area contributed by atoms with Crippen LogP contribution >= 0.6 is 0 Å². The van der Waals surface area contributed by atoms with Gasteiger partial charge in [0, 0.05) is 35.4 Å². The Morgan fingerprint density at radius 3 is 1.55 bits per heavy atom. The summed E-state index contributed by atoms with van der Waals surface area (Å²) in [5.41, 5.74) is 4.92. The van der Waals surface area contributed by atoms with Gasteiger partial charge < -0.3 is 0 Å². The molecular weight excluding hydrogens is 356 g/mol. The Labute approximate surface area is 172 Å². The maximum absolute atomic E-state index is 5.82. The molecular formula is C26H26N2O+2. The third kappa shape index (κ3) is 5.29. The second-order valence-corrected chi connectivity index (χ2v) is 7.04. The first-order chi connectivity index (χ1) is 14.4. The molecule has 29 heavy (non-hydrogen) atoms. The lowest BCUT2D eigenvalue weighted by atomic mass is 10.1. The molecule has 0 bridgehead atoms. The fraction of sp³-hybridized carbons (Fsp3) is 0.154. The Hall–Kier alpha value is -3.46. The van der Waals surface area contributed by atoms with Crippen molar-refractivity contribution in [2.75, 3.05) is 6.61 Å². The molecule has 2 aromatic carbocycles. The highest BCUT2D eigenvalue weighted by molar-refractivity contribution is 5.62. The molecule has 0 unspecified atom stereocenters. The summed E-state index contributed by atoms with van der Waals surface area (Å²) in [4.78, 5) is 5.82. The highest BCUT2D eigenvalue weighted by atomic mass is 16.7. The highest BCUT2D eigenvalue weighted by Gasteiger charge is 2.06. The van der Waals surface area contributed by atoms with Crippen molar-refractivity contribution in [3.05, 3.63) is 110 Å². The van der Waals surface area contributed by atoms with E-state index in [1.165, 1.54) is 22.3 Å². The van der Waals surface area contributed by atoms with Gasteiger partial charge in [0.2, 0.25) is 12.4 Å². The molecule has 0 atom stereocenters. The Kier molecular flexibility index (Phi) is 6.28. The van der Waals surface area contributed by atoms with E-state index in [0.717, 1.165) is 19.4 Å². The Bertz CT molecular complexity index is 913. The van der Waals surface area contributed by atoms with Crippen molar-refractivity contribution in [2.45, 2.75) is 19.4 Å². The Balaban J connectivity index is 1.20. The number of hydrogen-bond donors (Lipinski definition) is 0. The lowest BCUT2D eigenvalue weighted by Crippen LogP contribution is -2.42. The summed E-state index contributed by atoms with van der Waals surface area (Å²) in [7, 11) is 0. The molecule has 0 saturated heterocycles. The van der Waals surface area contributed by atoms with Crippen molar-refractivity contribution >= 4 is 0 Å². The number of pyridine rings is 2. The second kappa shape index (κ2) is 9.65. The molecule has 0 radical (unpaired) electrons. The molecule has 0 spiro atoms. The normalized spacial score (nSPS) is 10.6. The molecule has 0 aliphatic carbocycles. The SMILES string of the molecule is c1ccc(-c2cc[n+](CCCCO[n+]3ccc(-c4ccccc4)cc3)cc2)cc1. The Morgan fingerprint density at radius 2 is 1.00 bits per heavy atom. The van der Waals surface area contributed by atoms with E-state index in [-0.39, 0.29) is 0 Å². The van der Waals surface area contributed by atoms with Crippen molar-refractivity contribution in [1.82, 2.24) is 0 Å². The van der Waals surface area contributed by atoms with Crippen LogP contribution in [0.15, 0.2) is 110 Å². The van der Waals surface area contributed by atoms with Crippen molar-refractivity contribution in [3.63, 3.8) is 0 Å². The minimum atomic E-state index is 0.706. The monoisotopic (exact) mass is 382 g/mol. The van der Waals surface area contributed by atoms with E-state index < -0.39 is 0 Å². The van der Waals surface area contributed by atoms with Gasteiger partial charge in [-0.1, -0.05) is 60.7 Å². The number of rotatable bonds is 8. The van der Waals surface area contributed by atoms with Crippen molar-refractivity contribution in [3.8, 4) is 22.3 Å². The van der Waals surface area contributed by atoms with Crippen LogP contribution in [-0.4, -0.2) is 6.61 Å². The molecule has 0 amide bonds. The summed E-state index contributed by atoms with van der Waals surface area (Å²) >= 11 is 0. The van der Waals surface area contributed by atoms with Gasteiger partial charge in [-0.15, -0.1) is 0 Å². The van der Waals surface area contributed by atoms with Gasteiger partial charge in [0.1, 0.15) is 6.54 Å². The molecule has 0 aliphatic rings. The Morgan fingerprint density at radius 1 is 0.517 bits per heavy atom. The van der Waals surface area contributed by atoms with Crippen LogP contribution < -0.4 is 14.1 Å². The van der Waals surface area contributed by atoms with E-state index in [0.29, 0.717) is 6.61 Å². The predicted molar refractivity (Wildman–Crippen MR) is 115 cm³/mol. The average Bonchev–Trinajstić information content (AvgIpc) is 2.81. The molecule has 3 nitrogen and oxygen atoms in total. The average molecular weight is 383 g/mol. The first-order valence-electron chi connectivity index (χ1n) is 10.1. The van der Waals surface area contributed by atoms with Gasteiger partial charge in [0.15, 0.2) is 19.0 Å². The maximum Gasteiger partial charge on any atom is 0.223 e. The number of hydrogen-bond acceptors (Lipinski definition) is 1. The molecule has 144 valence electrons. The van der Waals surface area contributed by atoms with Gasteiger partial charge in [0.25, 0.3) is 0 Å². The summed E-state index contributed by atoms with van der Waals surface area (Å²) < 4.78 is 4.02. The fourth-order valence-corrected chi connectivity index (χ4v) is 3.32. The van der Waals surface area contributed by atoms with E-state index in [1.807, 2.05) is 24.5 Å². The molecule has 0 saturated carbocycles. The summed E-state index contributed by atoms with van der Waals surface area (Å²) in [5.74, 6) is 0. The van der Waals surface area contributed by atoms with Crippen LogP contribution in [0.1, 0.15) is 12.8 Å². The zero-order valence-corrected chi connectivity index (χ0v) is 16.5. The topological polar surface area (TPSA) is 17.0 Å². The maximum atomic E-state index is 5.82. The lowest BCUT2D eigenvalue weighted by Gasteiger charge is -2.02. The van der Waals surface area contributed by atoms with Gasteiger partial charge >= 0.3 is 0 Å². The molecule has 4 aromatic rings. The second-order valence-electron chi connectivity index (χ2n) is 7.04. The largest absolute Gasteiger partial charge is 0.271 e. The van der Waals surface area contributed by atoms with E-state index in [1.54, 1.807) is 4.73 Å². The zero-order chi connectivity index (χ0) is 19.7. The molecule has 4 rings (SSSR count). The molecule has 0 fully saturated rings. The standard InChI is InChI=1S/C26H26N2O/c1-3-9-23(10-4-1)25-13-18-27(19-14-25)17-7-8-22-29-28-20-15-26(16-21-28)24-11-5-2-6-12-24/h1-6,9-16,18-21H,7-8,17,22H2/q+2. The minimum absolute atomic E-state index is 0.706. The van der Waals surface area contributed by atoms with Crippen molar-refractivity contribution in [1.29, 1.82) is 0 Å². The number of unbranched alkanes of at least 4 members (excludes halogenated alkanes) is 1. The smallest absolute Gasteiger partial charge is 0.223 e. The predicted octanol–water partition coefficient (Wildman–Crippen LogP) is 4.50. The van der Waals surface area contributed by atoms with Crippen LogP contribution in [0.3, 0.4) is 0 Å². The van der Waals surface area contributed by atoms with E-state index in [2.05, 4.69) is 89.8 Å². The molecule has 0 N–H and O–H groups in total. The molecule has 2 aromatic heterocycles. The summed E-state index contributed by atoms with van der Waals surface area (Å²) in [6, 6.07) is 29.4. The van der Waals surface area contributed by atoms with Gasteiger partial charge in [-0.25, -0.2) is 4.57 Å². The minimum Gasteiger partial charge on any atom is -0.271 e. The first kappa shape index (κ1) is 18.9. The zero-order valence-electron chi connectivity index (χ0n) is 16.5. The highest BCUT2D eigenvalue weighted by Crippen LogP contribution is 2.17. The van der Waals surface area contributed by atoms with Gasteiger partial charge in [-0.2, -0.15) is 0 Å². The van der Waals surface area contributed by atoms with Crippen molar-refractivity contribution < 1.29 is 14.1 Å². The fourth-order valence-electron chi connectivity index (χ4n) is 3.32. The third-order valence-corrected chi connectivity index (χ3v) is 4.96. The molecule has 3 heteroatoms. The van der Waals surface area contributed by atoms with Gasteiger partial charge in [0.05, 0.1) is 0 Å². The summed E-state index contributed by atoms with van der Waals surface area (Å²) in [5, 5.41) is 0. The molecule has 0 aliphatic heterocycles. The number of aromatic nitrogens is 2. The first-order valence-corrected chi connectivity index (χ1v) is 10.1. The quantitative estimate of drug-likeness (QED) is 0.324. The van der Waals surface area contributed by atoms with Crippen LogP contribution in [0.25, 0.3) is 22.3 Å². The van der Waals surface area contributed by atoms with E-state index >= 15 is 0 Å². The van der Waals surface area contributed by atoms with Gasteiger partial charge in [-0.05, 0) is 28.7 Å². The summed E-state index contributed by atoms with van der Waals surface area (Å²) in [6.45, 7) is 1.70. The summed E-state index contributed by atoms with van der Waals surface area (Å²) in [6.07, 6.45) is 10.3. The van der Waals surface area contributed by atoms with Crippen LogP contribution in [0.4, 0.5) is 0 Å². The van der Waals surface area contributed by atoms with E-state index in [4.69, 9.17) is 4.84 Å². The van der Waals surface area contributed by atoms with Crippen LogP contribution in [0.2, 0.25) is 0 Å². The van der Waals surface area contributed by atoms with Crippen LogP contribution in [-0.2, 0) is 6.54 Å². The van der Waals surface area contributed by atoms with Gasteiger partial charge in [-0.3, -0.25) is 4.84 Å². The van der Waals surface area contributed by atoms with Crippen LogP contribution in [0.5, 0.6) is 0 Å². The van der Waals surface area contributed by atoms with Crippen LogP contribution in [0, 0.1) is 0 Å². The van der Waals surface area contributed by atoms with E-state index in [9.17, 15) is 0 Å². The number of nitrogens with zero attached hydrogens (tertiary/aromatic N) is 2. The lowest BCUT2D eigenvalue weighted by molar-refractivity contribution is -0.891. The number of benzene rings is 2. The number of aryl methyl sites for hydroxylation is 1.